The van der Waals surface area contributed by atoms with Crippen molar-refractivity contribution in [2.24, 2.45) is 11.3 Å². The number of hydrogen-bond acceptors (Lipinski definition) is 5. The molecule has 1 saturated heterocycles. The average Bonchev–Trinajstić information content (AvgIpc) is 3.08. The minimum atomic E-state index is -4.24. The van der Waals surface area contributed by atoms with Gasteiger partial charge in [-0.25, -0.2) is 9.37 Å². The summed E-state index contributed by atoms with van der Waals surface area (Å²) in [5.41, 5.74) is -0.486. The predicted molar refractivity (Wildman–Crippen MR) is 112 cm³/mol. The van der Waals surface area contributed by atoms with Crippen molar-refractivity contribution < 1.29 is 32.2 Å². The minimum Gasteiger partial charge on any atom is -0.491 e. The Labute approximate surface area is 188 Å². The van der Waals surface area contributed by atoms with Crippen LogP contribution < -0.4 is 9.64 Å². The van der Waals surface area contributed by atoms with E-state index in [9.17, 15) is 23.1 Å². The number of hydrogen-bond donors (Lipinski definition) is 1. The number of aromatic nitrogens is 3. The molecule has 1 aliphatic heterocycles. The first-order chi connectivity index (χ1) is 15.5. The van der Waals surface area contributed by atoms with Crippen LogP contribution in [0.4, 0.5) is 23.4 Å². The zero-order valence-electron chi connectivity index (χ0n) is 18.9. The van der Waals surface area contributed by atoms with Gasteiger partial charge in [-0.3, -0.25) is 4.79 Å². The highest BCUT2D eigenvalue weighted by atomic mass is 19.4. The molecule has 0 radical (unpaired) electrons. The number of halogens is 4. The molecular formula is C22H28F4N4O3. The van der Waals surface area contributed by atoms with Crippen molar-refractivity contribution in [1.29, 1.82) is 0 Å². The first-order valence-electron chi connectivity index (χ1n) is 11.1. The number of alkyl halides is 3. The van der Waals surface area contributed by atoms with Gasteiger partial charge in [-0.2, -0.15) is 22.8 Å². The van der Waals surface area contributed by atoms with Crippen molar-refractivity contribution >= 4 is 17.4 Å². The van der Waals surface area contributed by atoms with Crippen LogP contribution in [0.3, 0.4) is 0 Å². The van der Waals surface area contributed by atoms with Crippen molar-refractivity contribution in [1.82, 2.24) is 14.6 Å². The molecule has 1 unspecified atom stereocenters. The zero-order chi connectivity index (χ0) is 24.1. The zero-order valence-corrected chi connectivity index (χ0v) is 18.9. The Kier molecular flexibility index (Phi) is 5.94. The molecule has 4 rings (SSSR count). The molecule has 3 heterocycles. The summed E-state index contributed by atoms with van der Waals surface area (Å²) in [7, 11) is 1.46. The van der Waals surface area contributed by atoms with E-state index in [2.05, 4.69) is 10.1 Å². The van der Waals surface area contributed by atoms with E-state index in [0.29, 0.717) is 36.6 Å². The molecule has 0 amide bonds. The molecule has 2 aromatic rings. The molecule has 1 N–H and O–H groups in total. The Morgan fingerprint density at radius 1 is 1.24 bits per heavy atom. The van der Waals surface area contributed by atoms with Crippen molar-refractivity contribution in [3.8, 4) is 5.75 Å². The van der Waals surface area contributed by atoms with Crippen molar-refractivity contribution in [2.45, 2.75) is 64.5 Å². The molecule has 33 heavy (non-hydrogen) atoms. The molecule has 0 spiro atoms. The highest BCUT2D eigenvalue weighted by Gasteiger charge is 2.43. The highest BCUT2D eigenvalue weighted by Crippen LogP contribution is 2.44. The van der Waals surface area contributed by atoms with Crippen LogP contribution in [0.5, 0.6) is 5.75 Å². The Balaban J connectivity index is 1.76. The fourth-order valence-electron chi connectivity index (χ4n) is 5.18. The molecule has 2 fully saturated rings. The van der Waals surface area contributed by atoms with Crippen LogP contribution in [-0.4, -0.2) is 52.0 Å². The van der Waals surface area contributed by atoms with Crippen LogP contribution in [0.2, 0.25) is 0 Å². The lowest BCUT2D eigenvalue weighted by molar-refractivity contribution is -0.182. The summed E-state index contributed by atoms with van der Waals surface area (Å²) in [5.74, 6) is -2.58. The standard InChI is InChI=1S/C22H28F4N4O3/c1-12-17(33-3)19(29-10-4-9-21(2,11-29)20(31)32)30-18(27-12)15(23)16(28-30)13-5-7-14(8-6-13)22(24,25)26/h13-14H,4-11H2,1-3H3,(H,31,32). The van der Waals surface area contributed by atoms with Gasteiger partial charge in [-0.05, 0) is 52.4 Å². The molecule has 1 atom stereocenters. The Morgan fingerprint density at radius 2 is 1.91 bits per heavy atom. The molecule has 2 aliphatic rings. The van der Waals surface area contributed by atoms with Gasteiger partial charge in [0.1, 0.15) is 5.69 Å². The quantitative estimate of drug-likeness (QED) is 0.649. The van der Waals surface area contributed by atoms with Gasteiger partial charge in [0.05, 0.1) is 24.1 Å². The maximum absolute atomic E-state index is 15.5. The number of aliphatic carboxylic acids is 1. The van der Waals surface area contributed by atoms with E-state index in [1.807, 2.05) is 4.90 Å². The van der Waals surface area contributed by atoms with Gasteiger partial charge in [0.2, 0.25) is 0 Å². The summed E-state index contributed by atoms with van der Waals surface area (Å²) in [6.45, 7) is 4.06. The van der Waals surface area contributed by atoms with Crippen LogP contribution in [0.25, 0.3) is 5.65 Å². The van der Waals surface area contributed by atoms with Gasteiger partial charge in [-0.15, -0.1) is 0 Å². The largest absolute Gasteiger partial charge is 0.491 e. The first-order valence-corrected chi connectivity index (χ1v) is 11.1. The second-order valence-corrected chi connectivity index (χ2v) is 9.47. The van der Waals surface area contributed by atoms with Crippen LogP contribution in [0, 0.1) is 24.1 Å². The van der Waals surface area contributed by atoms with Gasteiger partial charge in [-0.1, -0.05) is 0 Å². The molecule has 1 saturated carbocycles. The maximum Gasteiger partial charge on any atom is 0.391 e. The predicted octanol–water partition coefficient (Wildman–Crippen LogP) is 4.71. The van der Waals surface area contributed by atoms with Crippen LogP contribution in [0.15, 0.2) is 0 Å². The number of anilines is 1. The number of aryl methyl sites for hydroxylation is 1. The fraction of sp³-hybridized carbons (Fsp3) is 0.682. The third kappa shape index (κ3) is 4.10. The Hall–Kier alpha value is -2.59. The molecule has 182 valence electrons. The van der Waals surface area contributed by atoms with Gasteiger partial charge < -0.3 is 14.7 Å². The maximum atomic E-state index is 15.5. The van der Waals surface area contributed by atoms with E-state index in [1.54, 1.807) is 13.8 Å². The van der Waals surface area contributed by atoms with Gasteiger partial charge >= 0.3 is 12.1 Å². The number of rotatable bonds is 4. The van der Waals surface area contributed by atoms with E-state index < -0.39 is 35.2 Å². The van der Waals surface area contributed by atoms with E-state index >= 15 is 4.39 Å². The second kappa shape index (κ2) is 8.32. The van der Waals surface area contributed by atoms with Crippen molar-refractivity contribution in [3.05, 3.63) is 17.2 Å². The lowest BCUT2D eigenvalue weighted by Gasteiger charge is -2.39. The molecular weight excluding hydrogens is 444 g/mol. The Bertz CT molecular complexity index is 1060. The number of methoxy groups -OCH3 is 1. The topological polar surface area (TPSA) is 80.0 Å². The number of carbonyl (C=O) groups is 1. The third-order valence-electron chi connectivity index (χ3n) is 7.13. The number of piperidine rings is 1. The summed E-state index contributed by atoms with van der Waals surface area (Å²) in [6.07, 6.45) is -2.86. The minimum absolute atomic E-state index is 0.0288. The molecule has 0 bridgehead atoms. The van der Waals surface area contributed by atoms with Gasteiger partial charge in [0, 0.05) is 19.0 Å². The van der Waals surface area contributed by atoms with Crippen LogP contribution >= 0.6 is 0 Å². The molecule has 11 heteroatoms. The number of ether oxygens (including phenoxy) is 1. The van der Waals surface area contributed by atoms with Crippen molar-refractivity contribution in [3.63, 3.8) is 0 Å². The smallest absolute Gasteiger partial charge is 0.391 e. The summed E-state index contributed by atoms with van der Waals surface area (Å²) in [5, 5.41) is 14.2. The summed E-state index contributed by atoms with van der Waals surface area (Å²) in [4.78, 5) is 18.0. The van der Waals surface area contributed by atoms with Gasteiger partial charge in [0.25, 0.3) is 0 Å². The summed E-state index contributed by atoms with van der Waals surface area (Å²) in [6, 6.07) is 0. The third-order valence-corrected chi connectivity index (χ3v) is 7.13. The molecule has 1 aliphatic carbocycles. The molecule has 7 nitrogen and oxygen atoms in total. The van der Waals surface area contributed by atoms with E-state index in [-0.39, 0.29) is 43.6 Å². The number of carboxylic acid groups (broad SMARTS) is 1. The first kappa shape index (κ1) is 23.6. The lowest BCUT2D eigenvalue weighted by Crippen LogP contribution is -2.47. The summed E-state index contributed by atoms with van der Waals surface area (Å²) < 4.78 is 61.5. The summed E-state index contributed by atoms with van der Waals surface area (Å²) >= 11 is 0. The molecule has 0 aromatic carbocycles. The monoisotopic (exact) mass is 472 g/mol. The number of carboxylic acids is 1. The lowest BCUT2D eigenvalue weighted by atomic mass is 9.80. The van der Waals surface area contributed by atoms with Gasteiger partial charge in [0.15, 0.2) is 23.0 Å². The van der Waals surface area contributed by atoms with Crippen LogP contribution in [0.1, 0.15) is 62.8 Å². The SMILES string of the molecule is COc1c(C)nc2c(F)c(C3CCC(C(F)(F)F)CC3)nn2c1N1CCCC(C)(C(=O)O)C1. The van der Waals surface area contributed by atoms with E-state index in [4.69, 9.17) is 4.74 Å². The normalized spacial score (nSPS) is 26.6. The number of fused-ring (bicyclic) bond motifs is 1. The van der Waals surface area contributed by atoms with E-state index in [1.165, 1.54) is 11.6 Å². The average molecular weight is 472 g/mol. The number of nitrogens with zero attached hydrogens (tertiary/aromatic N) is 4. The highest BCUT2D eigenvalue weighted by molar-refractivity contribution is 5.76. The van der Waals surface area contributed by atoms with Crippen molar-refractivity contribution in [2.75, 3.05) is 25.1 Å². The Morgan fingerprint density at radius 3 is 2.48 bits per heavy atom. The molecule has 2 aromatic heterocycles. The second-order valence-electron chi connectivity index (χ2n) is 9.47. The fourth-order valence-corrected chi connectivity index (χ4v) is 5.18. The van der Waals surface area contributed by atoms with Crippen LogP contribution in [-0.2, 0) is 4.79 Å². The van der Waals surface area contributed by atoms with E-state index in [0.717, 1.165) is 0 Å².